The number of anilines is 1. The minimum absolute atomic E-state index is 0.311. The van der Waals surface area contributed by atoms with Crippen molar-refractivity contribution in [2.24, 2.45) is 18.9 Å². The Morgan fingerprint density at radius 1 is 1.43 bits per heavy atom. The van der Waals surface area contributed by atoms with Crippen LogP contribution in [0.5, 0.6) is 0 Å². The SMILES string of the molecule is Cc1nn(C)c2nccc(N3CC(C)CC(C(=O)O)C3)c12. The molecule has 1 aliphatic rings. The van der Waals surface area contributed by atoms with Gasteiger partial charge in [-0.2, -0.15) is 5.10 Å². The number of hydrogen-bond acceptors (Lipinski definition) is 4. The van der Waals surface area contributed by atoms with Crippen LogP contribution >= 0.6 is 0 Å². The van der Waals surface area contributed by atoms with Crippen LogP contribution in [0.3, 0.4) is 0 Å². The van der Waals surface area contributed by atoms with Crippen LogP contribution < -0.4 is 4.90 Å². The summed E-state index contributed by atoms with van der Waals surface area (Å²) in [5.41, 5.74) is 2.82. The summed E-state index contributed by atoms with van der Waals surface area (Å²) in [7, 11) is 1.88. The Labute approximate surface area is 123 Å². The third-order valence-corrected chi connectivity index (χ3v) is 4.23. The first-order valence-electron chi connectivity index (χ1n) is 7.23. The lowest BCUT2D eigenvalue weighted by atomic mass is 9.90. The topological polar surface area (TPSA) is 71.2 Å². The number of aromatic nitrogens is 3. The zero-order valence-corrected chi connectivity index (χ0v) is 12.6. The van der Waals surface area contributed by atoms with Gasteiger partial charge in [-0.3, -0.25) is 9.48 Å². The van der Waals surface area contributed by atoms with Crippen molar-refractivity contribution in [3.05, 3.63) is 18.0 Å². The van der Waals surface area contributed by atoms with E-state index in [1.54, 1.807) is 10.9 Å². The van der Waals surface area contributed by atoms with E-state index in [0.717, 1.165) is 35.4 Å². The van der Waals surface area contributed by atoms with Crippen molar-refractivity contribution in [1.82, 2.24) is 14.8 Å². The molecule has 1 saturated heterocycles. The number of nitrogens with zero attached hydrogens (tertiary/aromatic N) is 4. The predicted octanol–water partition coefficient (Wildman–Crippen LogP) is 1.82. The zero-order valence-electron chi connectivity index (χ0n) is 12.6. The molecule has 0 spiro atoms. The van der Waals surface area contributed by atoms with Crippen molar-refractivity contribution in [2.75, 3.05) is 18.0 Å². The smallest absolute Gasteiger partial charge is 0.308 e. The Morgan fingerprint density at radius 3 is 2.90 bits per heavy atom. The van der Waals surface area contributed by atoms with Crippen molar-refractivity contribution in [3.63, 3.8) is 0 Å². The summed E-state index contributed by atoms with van der Waals surface area (Å²) in [5, 5.41) is 14.8. The van der Waals surface area contributed by atoms with Crippen LogP contribution in [0.1, 0.15) is 19.0 Å². The molecular weight excluding hydrogens is 268 g/mol. The monoisotopic (exact) mass is 288 g/mol. The maximum absolute atomic E-state index is 11.4. The molecule has 0 aliphatic carbocycles. The summed E-state index contributed by atoms with van der Waals surface area (Å²) < 4.78 is 1.77. The molecule has 2 atom stereocenters. The van der Waals surface area contributed by atoms with Crippen LogP contribution in [-0.4, -0.2) is 38.9 Å². The lowest BCUT2D eigenvalue weighted by molar-refractivity contribution is -0.142. The molecule has 6 heteroatoms. The zero-order chi connectivity index (χ0) is 15.1. The predicted molar refractivity (Wildman–Crippen MR) is 80.4 cm³/mol. The molecule has 0 amide bonds. The second kappa shape index (κ2) is 5.02. The molecule has 21 heavy (non-hydrogen) atoms. The third kappa shape index (κ3) is 2.34. The number of aliphatic carboxylic acids is 1. The molecule has 0 saturated carbocycles. The standard InChI is InChI=1S/C15H20N4O2/c1-9-6-11(15(20)21)8-19(7-9)12-4-5-16-14-13(12)10(2)17-18(14)3/h4-5,9,11H,6-8H2,1-3H3,(H,20,21). The van der Waals surface area contributed by atoms with Gasteiger partial charge in [0.1, 0.15) is 0 Å². The Bertz CT molecular complexity index is 694. The van der Waals surface area contributed by atoms with Crippen LogP contribution in [0.15, 0.2) is 12.3 Å². The van der Waals surface area contributed by atoms with E-state index in [9.17, 15) is 9.90 Å². The summed E-state index contributed by atoms with van der Waals surface area (Å²) in [4.78, 5) is 17.9. The molecule has 1 fully saturated rings. The van der Waals surface area contributed by atoms with Gasteiger partial charge in [0.2, 0.25) is 0 Å². The van der Waals surface area contributed by atoms with E-state index in [1.807, 2.05) is 20.0 Å². The van der Waals surface area contributed by atoms with Crippen molar-refractivity contribution < 1.29 is 9.90 Å². The third-order valence-electron chi connectivity index (χ3n) is 4.23. The highest BCUT2D eigenvalue weighted by atomic mass is 16.4. The molecule has 2 unspecified atom stereocenters. The second-order valence-electron chi connectivity index (χ2n) is 6.02. The highest BCUT2D eigenvalue weighted by Gasteiger charge is 2.30. The fourth-order valence-corrected chi connectivity index (χ4v) is 3.35. The summed E-state index contributed by atoms with van der Waals surface area (Å²) in [6.45, 7) is 5.50. The number of aryl methyl sites for hydroxylation is 2. The Morgan fingerprint density at radius 2 is 2.19 bits per heavy atom. The number of fused-ring (bicyclic) bond motifs is 1. The van der Waals surface area contributed by atoms with Gasteiger partial charge in [0.25, 0.3) is 0 Å². The van der Waals surface area contributed by atoms with E-state index >= 15 is 0 Å². The van der Waals surface area contributed by atoms with Crippen LogP contribution in [0, 0.1) is 18.8 Å². The van der Waals surface area contributed by atoms with Gasteiger partial charge < -0.3 is 10.0 Å². The normalized spacial score (nSPS) is 22.7. The van der Waals surface area contributed by atoms with Gasteiger partial charge in [-0.1, -0.05) is 6.92 Å². The van der Waals surface area contributed by atoms with Crippen molar-refractivity contribution in [1.29, 1.82) is 0 Å². The molecule has 2 aromatic heterocycles. The highest BCUT2D eigenvalue weighted by Crippen LogP contribution is 2.32. The lowest BCUT2D eigenvalue weighted by Gasteiger charge is -2.36. The van der Waals surface area contributed by atoms with Crippen molar-refractivity contribution in [3.8, 4) is 0 Å². The molecule has 0 aromatic carbocycles. The van der Waals surface area contributed by atoms with Gasteiger partial charge in [-0.05, 0) is 25.3 Å². The van der Waals surface area contributed by atoms with Gasteiger partial charge in [-0.15, -0.1) is 0 Å². The first-order valence-corrected chi connectivity index (χ1v) is 7.23. The molecule has 0 radical (unpaired) electrons. The van der Waals surface area contributed by atoms with Gasteiger partial charge >= 0.3 is 5.97 Å². The van der Waals surface area contributed by atoms with Crippen molar-refractivity contribution >= 4 is 22.7 Å². The van der Waals surface area contributed by atoms with Gasteiger partial charge in [0.15, 0.2) is 5.65 Å². The van der Waals surface area contributed by atoms with Crippen LogP contribution in [0.2, 0.25) is 0 Å². The minimum atomic E-state index is -0.709. The average Bonchev–Trinajstić information content (AvgIpc) is 2.73. The molecule has 6 nitrogen and oxygen atoms in total. The number of carboxylic acids is 1. The lowest BCUT2D eigenvalue weighted by Crippen LogP contribution is -2.42. The molecule has 1 N–H and O–H groups in total. The average molecular weight is 288 g/mol. The van der Waals surface area contributed by atoms with E-state index < -0.39 is 5.97 Å². The maximum Gasteiger partial charge on any atom is 0.308 e. The molecule has 1 aliphatic heterocycles. The number of rotatable bonds is 2. The van der Waals surface area contributed by atoms with Crippen LogP contribution in [-0.2, 0) is 11.8 Å². The highest BCUT2D eigenvalue weighted by molar-refractivity contribution is 5.92. The first-order chi connectivity index (χ1) is 9.97. The van der Waals surface area contributed by atoms with E-state index in [1.165, 1.54) is 0 Å². The van der Waals surface area contributed by atoms with Crippen LogP contribution in [0.25, 0.3) is 11.0 Å². The Hall–Kier alpha value is -2.11. The minimum Gasteiger partial charge on any atom is -0.481 e. The van der Waals surface area contributed by atoms with Gasteiger partial charge in [0, 0.05) is 26.3 Å². The molecule has 3 heterocycles. The number of carbonyl (C=O) groups is 1. The number of pyridine rings is 1. The fourth-order valence-electron chi connectivity index (χ4n) is 3.35. The Balaban J connectivity index is 2.05. The number of piperidine rings is 1. The van der Waals surface area contributed by atoms with Crippen molar-refractivity contribution in [2.45, 2.75) is 20.3 Å². The van der Waals surface area contributed by atoms with E-state index in [2.05, 4.69) is 21.9 Å². The second-order valence-corrected chi connectivity index (χ2v) is 6.02. The molecule has 0 bridgehead atoms. The van der Waals surface area contributed by atoms with E-state index in [-0.39, 0.29) is 5.92 Å². The van der Waals surface area contributed by atoms with Gasteiger partial charge in [0.05, 0.1) is 22.7 Å². The number of hydrogen-bond donors (Lipinski definition) is 1. The summed E-state index contributed by atoms with van der Waals surface area (Å²) in [6.07, 6.45) is 2.51. The maximum atomic E-state index is 11.4. The molecule has 2 aromatic rings. The van der Waals surface area contributed by atoms with E-state index in [0.29, 0.717) is 12.5 Å². The fraction of sp³-hybridized carbons (Fsp3) is 0.533. The summed E-state index contributed by atoms with van der Waals surface area (Å²) >= 11 is 0. The molecule has 112 valence electrons. The summed E-state index contributed by atoms with van der Waals surface area (Å²) in [5.74, 6) is -0.659. The quantitative estimate of drug-likeness (QED) is 0.912. The molecule has 3 rings (SSSR count). The first kappa shape index (κ1) is 13.9. The summed E-state index contributed by atoms with van der Waals surface area (Å²) in [6, 6.07) is 1.97. The Kier molecular flexibility index (Phi) is 3.31. The molecular formula is C15H20N4O2. The van der Waals surface area contributed by atoms with E-state index in [4.69, 9.17) is 0 Å². The largest absolute Gasteiger partial charge is 0.481 e. The van der Waals surface area contributed by atoms with Gasteiger partial charge in [-0.25, -0.2) is 4.98 Å². The van der Waals surface area contributed by atoms with Crippen LogP contribution in [0.4, 0.5) is 5.69 Å². The number of carboxylic acid groups (broad SMARTS) is 1.